The highest BCUT2D eigenvalue weighted by atomic mass is 35.5. The quantitative estimate of drug-likeness (QED) is 0.860. The molecule has 0 saturated carbocycles. The van der Waals surface area contributed by atoms with E-state index >= 15 is 0 Å². The molecule has 1 aromatic carbocycles. The lowest BCUT2D eigenvalue weighted by molar-refractivity contribution is -0.134. The van der Waals surface area contributed by atoms with Gasteiger partial charge in [-0.15, -0.1) is 0 Å². The van der Waals surface area contributed by atoms with E-state index in [2.05, 4.69) is 5.32 Å². The molecule has 3 atom stereocenters. The van der Waals surface area contributed by atoms with E-state index in [4.69, 9.17) is 22.1 Å². The van der Waals surface area contributed by atoms with E-state index in [0.717, 1.165) is 12.1 Å². The maximum atomic E-state index is 12.5. The second-order valence-electron chi connectivity index (χ2n) is 5.88. The van der Waals surface area contributed by atoms with Crippen molar-refractivity contribution in [1.29, 1.82) is 0 Å². The maximum absolute atomic E-state index is 12.5. The van der Waals surface area contributed by atoms with Crippen LogP contribution in [0.5, 0.6) is 0 Å². The summed E-state index contributed by atoms with van der Waals surface area (Å²) in [4.78, 5) is 26.4. The highest BCUT2D eigenvalue weighted by Gasteiger charge is 2.37. The van der Waals surface area contributed by atoms with E-state index in [-0.39, 0.29) is 17.9 Å². The van der Waals surface area contributed by atoms with Crippen molar-refractivity contribution >= 4 is 29.1 Å². The summed E-state index contributed by atoms with van der Waals surface area (Å²) in [5, 5.41) is 3.43. The van der Waals surface area contributed by atoms with Crippen LogP contribution in [0.2, 0.25) is 5.02 Å². The number of hydrogen-bond donors (Lipinski definition) is 2. The van der Waals surface area contributed by atoms with Crippen LogP contribution in [0.15, 0.2) is 24.3 Å². The van der Waals surface area contributed by atoms with Crippen LogP contribution in [-0.4, -0.2) is 43.2 Å². The number of hydrogen-bond acceptors (Lipinski definition) is 4. The van der Waals surface area contributed by atoms with Gasteiger partial charge in [0.05, 0.1) is 6.10 Å². The van der Waals surface area contributed by atoms with Gasteiger partial charge in [0.15, 0.2) is 0 Å². The molecule has 3 rings (SSSR count). The molecule has 124 valence electrons. The fraction of sp³-hybridized carbons (Fsp3) is 0.500. The minimum atomic E-state index is -0.501. The van der Waals surface area contributed by atoms with Crippen LogP contribution in [0.1, 0.15) is 19.3 Å². The summed E-state index contributed by atoms with van der Waals surface area (Å²) in [5.74, 6) is -0.327. The third-order valence-corrected chi connectivity index (χ3v) is 4.58. The third-order valence-electron chi connectivity index (χ3n) is 4.32. The zero-order valence-electron chi connectivity index (χ0n) is 12.7. The Bertz CT molecular complexity index is 593. The van der Waals surface area contributed by atoms with Crippen LogP contribution >= 0.6 is 11.6 Å². The lowest BCUT2D eigenvalue weighted by atomic mass is 10.1. The van der Waals surface area contributed by atoms with E-state index in [1.54, 1.807) is 29.2 Å². The van der Waals surface area contributed by atoms with Crippen molar-refractivity contribution in [3.8, 4) is 0 Å². The van der Waals surface area contributed by atoms with Gasteiger partial charge >= 0.3 is 0 Å². The van der Waals surface area contributed by atoms with Gasteiger partial charge in [0.25, 0.3) is 0 Å². The molecule has 2 aliphatic heterocycles. The smallest absolute Gasteiger partial charge is 0.249 e. The topological polar surface area (TPSA) is 84.7 Å². The number of benzene rings is 1. The van der Waals surface area contributed by atoms with E-state index < -0.39 is 12.1 Å². The molecule has 1 unspecified atom stereocenters. The fourth-order valence-corrected chi connectivity index (χ4v) is 3.15. The molecule has 2 aliphatic rings. The average Bonchev–Trinajstić information content (AvgIpc) is 3.16. The van der Waals surface area contributed by atoms with Crippen molar-refractivity contribution in [2.24, 2.45) is 5.73 Å². The molecule has 2 saturated heterocycles. The summed E-state index contributed by atoms with van der Waals surface area (Å²) in [7, 11) is 0. The van der Waals surface area contributed by atoms with Crippen molar-refractivity contribution in [1.82, 2.24) is 5.32 Å². The molecule has 0 bridgehead atoms. The Labute approximate surface area is 139 Å². The van der Waals surface area contributed by atoms with Gasteiger partial charge in [-0.1, -0.05) is 11.6 Å². The Kier molecular flexibility index (Phi) is 4.84. The van der Waals surface area contributed by atoms with Crippen LogP contribution in [0.3, 0.4) is 0 Å². The van der Waals surface area contributed by atoms with Gasteiger partial charge in [0, 0.05) is 23.8 Å². The highest BCUT2D eigenvalue weighted by Crippen LogP contribution is 2.24. The van der Waals surface area contributed by atoms with Crippen LogP contribution in [-0.2, 0) is 14.3 Å². The van der Waals surface area contributed by atoms with Gasteiger partial charge in [-0.3, -0.25) is 9.59 Å². The number of anilines is 1. The number of amides is 2. The summed E-state index contributed by atoms with van der Waals surface area (Å²) < 4.78 is 5.57. The molecule has 0 aliphatic carbocycles. The third kappa shape index (κ3) is 3.49. The molecule has 23 heavy (non-hydrogen) atoms. The number of carbonyl (C=O) groups is 2. The molecule has 2 amide bonds. The Morgan fingerprint density at radius 3 is 2.70 bits per heavy atom. The Balaban J connectivity index is 1.59. The average molecular weight is 338 g/mol. The first-order valence-electron chi connectivity index (χ1n) is 7.81. The maximum Gasteiger partial charge on any atom is 0.249 e. The predicted molar refractivity (Wildman–Crippen MR) is 87.3 cm³/mol. The van der Waals surface area contributed by atoms with E-state index in [1.165, 1.54) is 0 Å². The SMILES string of the molecule is NC[C@H]1CC[C@@H](C(=O)NC2CCN(c3ccc(Cl)cc3)C2=O)O1. The molecule has 6 nitrogen and oxygen atoms in total. The molecular weight excluding hydrogens is 318 g/mol. The Morgan fingerprint density at radius 1 is 1.30 bits per heavy atom. The lowest BCUT2D eigenvalue weighted by Crippen LogP contribution is -2.45. The van der Waals surface area contributed by atoms with Crippen molar-refractivity contribution in [2.75, 3.05) is 18.0 Å². The number of carbonyl (C=O) groups excluding carboxylic acids is 2. The number of halogens is 1. The highest BCUT2D eigenvalue weighted by molar-refractivity contribution is 6.30. The van der Waals surface area contributed by atoms with Gasteiger partial charge < -0.3 is 20.7 Å². The number of nitrogens with two attached hydrogens (primary N) is 1. The van der Waals surface area contributed by atoms with Gasteiger partial charge in [-0.05, 0) is 43.5 Å². The van der Waals surface area contributed by atoms with E-state index in [0.29, 0.717) is 31.0 Å². The van der Waals surface area contributed by atoms with Crippen molar-refractivity contribution < 1.29 is 14.3 Å². The zero-order chi connectivity index (χ0) is 16.4. The lowest BCUT2D eigenvalue weighted by Gasteiger charge is -2.18. The molecule has 1 aromatic rings. The summed E-state index contributed by atoms with van der Waals surface area (Å²) >= 11 is 5.87. The van der Waals surface area contributed by atoms with Gasteiger partial charge in [0.1, 0.15) is 12.1 Å². The fourth-order valence-electron chi connectivity index (χ4n) is 3.03. The molecule has 0 spiro atoms. The number of nitrogens with one attached hydrogen (secondary N) is 1. The van der Waals surface area contributed by atoms with Crippen LogP contribution in [0, 0.1) is 0 Å². The van der Waals surface area contributed by atoms with Gasteiger partial charge in [-0.25, -0.2) is 0 Å². The molecule has 7 heteroatoms. The molecule has 3 N–H and O–H groups in total. The predicted octanol–water partition coefficient (Wildman–Crippen LogP) is 1.07. The normalized spacial score (nSPS) is 27.5. The van der Waals surface area contributed by atoms with Gasteiger partial charge in [0.2, 0.25) is 11.8 Å². The first-order chi connectivity index (χ1) is 11.1. The standard InChI is InChI=1S/C16H20ClN3O3/c17-10-1-3-11(4-2-10)20-8-7-13(16(20)22)19-15(21)14-6-5-12(9-18)23-14/h1-4,12-14H,5-9,18H2,(H,19,21)/t12-,13?,14+/m1/s1. The summed E-state index contributed by atoms with van der Waals surface area (Å²) in [6.07, 6.45) is 1.45. The minimum Gasteiger partial charge on any atom is -0.364 e. The number of ether oxygens (including phenoxy) is 1. The molecule has 0 radical (unpaired) electrons. The Hall–Kier alpha value is -1.63. The second-order valence-corrected chi connectivity index (χ2v) is 6.31. The molecule has 2 fully saturated rings. The zero-order valence-corrected chi connectivity index (χ0v) is 13.5. The monoisotopic (exact) mass is 337 g/mol. The number of nitrogens with zero attached hydrogens (tertiary/aromatic N) is 1. The molecule has 0 aromatic heterocycles. The van der Waals surface area contributed by atoms with Gasteiger partial charge in [-0.2, -0.15) is 0 Å². The van der Waals surface area contributed by atoms with Crippen LogP contribution in [0.25, 0.3) is 0 Å². The first kappa shape index (κ1) is 16.2. The summed E-state index contributed by atoms with van der Waals surface area (Å²) in [6, 6.07) is 6.59. The largest absolute Gasteiger partial charge is 0.364 e. The first-order valence-corrected chi connectivity index (χ1v) is 8.19. The molecular formula is C16H20ClN3O3. The summed E-state index contributed by atoms with van der Waals surface area (Å²) in [6.45, 7) is 0.985. The van der Waals surface area contributed by atoms with Crippen LogP contribution < -0.4 is 16.0 Å². The second kappa shape index (κ2) is 6.86. The van der Waals surface area contributed by atoms with Crippen molar-refractivity contribution in [3.63, 3.8) is 0 Å². The van der Waals surface area contributed by atoms with Crippen molar-refractivity contribution in [3.05, 3.63) is 29.3 Å². The summed E-state index contributed by atoms with van der Waals surface area (Å²) in [5.41, 5.74) is 6.34. The number of rotatable bonds is 4. The Morgan fingerprint density at radius 2 is 2.04 bits per heavy atom. The van der Waals surface area contributed by atoms with Crippen LogP contribution in [0.4, 0.5) is 5.69 Å². The van der Waals surface area contributed by atoms with E-state index in [1.807, 2.05) is 0 Å². The molecule has 2 heterocycles. The van der Waals surface area contributed by atoms with E-state index in [9.17, 15) is 9.59 Å². The minimum absolute atomic E-state index is 0.0596. The van der Waals surface area contributed by atoms with Crippen molar-refractivity contribution in [2.45, 2.75) is 37.5 Å².